The lowest BCUT2D eigenvalue weighted by atomic mass is 10.2. The maximum Gasteiger partial charge on any atom is 0.319 e. The lowest BCUT2D eigenvalue weighted by Gasteiger charge is -2.15. The van der Waals surface area contributed by atoms with Crippen LogP contribution in [0.5, 0.6) is 0 Å². The third-order valence-corrected chi connectivity index (χ3v) is 2.60. The number of urea groups is 1. The molecule has 0 unspecified atom stereocenters. The maximum absolute atomic E-state index is 11.6. The molecule has 0 spiro atoms. The van der Waals surface area contributed by atoms with Gasteiger partial charge >= 0.3 is 6.03 Å². The molecule has 0 fully saturated rings. The molecular formula is C13H21N3O3. The standard InChI is InChI=1S/C13H21N3O3/c1-16(2)11-7-5-10(6-8-11)15-13(17)14-9-12(18-3)19-4/h5-8,12H,9H2,1-4H3,(H2,14,15,17). The van der Waals surface area contributed by atoms with Gasteiger partial charge in [0.15, 0.2) is 6.29 Å². The Morgan fingerprint density at radius 2 is 1.79 bits per heavy atom. The zero-order valence-electron chi connectivity index (χ0n) is 11.8. The van der Waals surface area contributed by atoms with Crippen LogP contribution >= 0.6 is 0 Å². The summed E-state index contributed by atoms with van der Waals surface area (Å²) in [6.45, 7) is 0.286. The molecule has 1 aromatic rings. The molecule has 0 aliphatic carbocycles. The van der Waals surface area contributed by atoms with Gasteiger partial charge in [-0.25, -0.2) is 4.79 Å². The van der Waals surface area contributed by atoms with Crippen molar-refractivity contribution < 1.29 is 14.3 Å². The molecule has 0 atom stereocenters. The molecule has 0 saturated carbocycles. The van der Waals surface area contributed by atoms with Crippen LogP contribution in [0.2, 0.25) is 0 Å². The topological polar surface area (TPSA) is 62.8 Å². The molecule has 19 heavy (non-hydrogen) atoms. The Bertz CT molecular complexity index is 389. The molecule has 1 rings (SSSR count). The van der Waals surface area contributed by atoms with Crippen molar-refractivity contribution in [3.05, 3.63) is 24.3 Å². The maximum atomic E-state index is 11.6. The van der Waals surface area contributed by atoms with Crippen LogP contribution in [0.4, 0.5) is 16.2 Å². The second-order valence-electron chi connectivity index (χ2n) is 4.18. The van der Waals surface area contributed by atoms with Gasteiger partial charge in [0, 0.05) is 39.7 Å². The van der Waals surface area contributed by atoms with Crippen LogP contribution in [0, 0.1) is 0 Å². The molecule has 6 nitrogen and oxygen atoms in total. The highest BCUT2D eigenvalue weighted by atomic mass is 16.7. The van der Waals surface area contributed by atoms with E-state index in [0.717, 1.165) is 11.4 Å². The summed E-state index contributed by atoms with van der Waals surface area (Å²) in [5.41, 5.74) is 1.80. The summed E-state index contributed by atoms with van der Waals surface area (Å²) in [6, 6.07) is 7.26. The Morgan fingerprint density at radius 3 is 2.26 bits per heavy atom. The van der Waals surface area contributed by atoms with E-state index in [0.29, 0.717) is 0 Å². The van der Waals surface area contributed by atoms with E-state index < -0.39 is 6.29 Å². The Labute approximate surface area is 113 Å². The van der Waals surface area contributed by atoms with E-state index in [1.54, 1.807) is 0 Å². The predicted octanol–water partition coefficient (Wildman–Crippen LogP) is 1.49. The summed E-state index contributed by atoms with van der Waals surface area (Å²) < 4.78 is 9.94. The number of anilines is 2. The zero-order chi connectivity index (χ0) is 14.3. The van der Waals surface area contributed by atoms with Crippen LogP contribution in [0.25, 0.3) is 0 Å². The minimum Gasteiger partial charge on any atom is -0.378 e. The molecule has 2 amide bonds. The van der Waals surface area contributed by atoms with Crippen molar-refractivity contribution >= 4 is 17.4 Å². The number of nitrogens with zero attached hydrogens (tertiary/aromatic N) is 1. The summed E-state index contributed by atoms with van der Waals surface area (Å²) in [6.07, 6.45) is -0.443. The van der Waals surface area contributed by atoms with Gasteiger partial charge in [0.1, 0.15) is 0 Å². The molecule has 0 aromatic heterocycles. The number of hydrogen-bond acceptors (Lipinski definition) is 4. The minimum atomic E-state index is -0.443. The third-order valence-electron chi connectivity index (χ3n) is 2.60. The molecule has 1 aromatic carbocycles. The first-order valence-electron chi connectivity index (χ1n) is 5.94. The summed E-state index contributed by atoms with van der Waals surface area (Å²) in [5.74, 6) is 0. The van der Waals surface area contributed by atoms with Crippen molar-refractivity contribution in [3.8, 4) is 0 Å². The quantitative estimate of drug-likeness (QED) is 0.767. The molecule has 0 bridgehead atoms. The van der Waals surface area contributed by atoms with Gasteiger partial charge in [-0.05, 0) is 24.3 Å². The average Bonchev–Trinajstić information content (AvgIpc) is 2.40. The van der Waals surface area contributed by atoms with Crippen LogP contribution in [0.1, 0.15) is 0 Å². The van der Waals surface area contributed by atoms with Crippen molar-refractivity contribution in [2.45, 2.75) is 6.29 Å². The molecule has 0 aliphatic rings. The van der Waals surface area contributed by atoms with E-state index >= 15 is 0 Å². The van der Waals surface area contributed by atoms with E-state index in [4.69, 9.17) is 9.47 Å². The first-order chi connectivity index (χ1) is 9.06. The molecule has 2 N–H and O–H groups in total. The number of amides is 2. The molecule has 106 valence electrons. The summed E-state index contributed by atoms with van der Waals surface area (Å²) in [4.78, 5) is 13.6. The van der Waals surface area contributed by atoms with Crippen molar-refractivity contribution in [2.75, 3.05) is 45.1 Å². The number of benzene rings is 1. The van der Waals surface area contributed by atoms with Crippen molar-refractivity contribution in [1.82, 2.24) is 5.32 Å². The number of methoxy groups -OCH3 is 2. The summed E-state index contributed by atoms with van der Waals surface area (Å²) >= 11 is 0. The van der Waals surface area contributed by atoms with Gasteiger partial charge in [0.05, 0.1) is 6.54 Å². The first kappa shape index (κ1) is 15.3. The largest absolute Gasteiger partial charge is 0.378 e. The minimum absolute atomic E-state index is 0.286. The van der Waals surface area contributed by atoms with Crippen LogP contribution < -0.4 is 15.5 Å². The molecule has 0 saturated heterocycles. The van der Waals surface area contributed by atoms with Crippen molar-refractivity contribution in [2.24, 2.45) is 0 Å². The van der Waals surface area contributed by atoms with Gasteiger partial charge in [-0.1, -0.05) is 0 Å². The summed E-state index contributed by atoms with van der Waals surface area (Å²) in [7, 11) is 6.97. The van der Waals surface area contributed by atoms with Crippen molar-refractivity contribution in [3.63, 3.8) is 0 Å². The monoisotopic (exact) mass is 267 g/mol. The Hall–Kier alpha value is -1.79. The number of ether oxygens (including phenoxy) is 2. The van der Waals surface area contributed by atoms with Crippen LogP contribution in [-0.2, 0) is 9.47 Å². The Kier molecular flexibility index (Phi) is 6.11. The molecule has 0 heterocycles. The van der Waals surface area contributed by atoms with E-state index in [1.165, 1.54) is 14.2 Å². The fourth-order valence-corrected chi connectivity index (χ4v) is 1.46. The predicted molar refractivity (Wildman–Crippen MR) is 75.6 cm³/mol. The normalized spacial score (nSPS) is 10.4. The van der Waals surface area contributed by atoms with Crippen LogP contribution in [-0.4, -0.2) is 47.2 Å². The third kappa shape index (κ3) is 5.15. The lowest BCUT2D eigenvalue weighted by molar-refractivity contribution is -0.0970. The smallest absolute Gasteiger partial charge is 0.319 e. The zero-order valence-corrected chi connectivity index (χ0v) is 11.8. The van der Waals surface area contributed by atoms with Gasteiger partial charge in [-0.2, -0.15) is 0 Å². The van der Waals surface area contributed by atoms with E-state index in [-0.39, 0.29) is 12.6 Å². The van der Waals surface area contributed by atoms with Gasteiger partial charge in [-0.15, -0.1) is 0 Å². The highest BCUT2D eigenvalue weighted by Crippen LogP contribution is 2.15. The van der Waals surface area contributed by atoms with Gasteiger partial charge < -0.3 is 25.0 Å². The van der Waals surface area contributed by atoms with Gasteiger partial charge in [-0.3, -0.25) is 0 Å². The lowest BCUT2D eigenvalue weighted by Crippen LogP contribution is -2.36. The fourth-order valence-electron chi connectivity index (χ4n) is 1.46. The van der Waals surface area contributed by atoms with Gasteiger partial charge in [0.2, 0.25) is 0 Å². The van der Waals surface area contributed by atoms with E-state index in [1.807, 2.05) is 43.3 Å². The molecule has 6 heteroatoms. The molecule has 0 radical (unpaired) electrons. The van der Waals surface area contributed by atoms with E-state index in [2.05, 4.69) is 10.6 Å². The van der Waals surface area contributed by atoms with Gasteiger partial charge in [0.25, 0.3) is 0 Å². The highest BCUT2D eigenvalue weighted by Gasteiger charge is 2.07. The number of hydrogen-bond donors (Lipinski definition) is 2. The number of carbonyl (C=O) groups excluding carboxylic acids is 1. The SMILES string of the molecule is COC(CNC(=O)Nc1ccc(N(C)C)cc1)OC. The summed E-state index contributed by atoms with van der Waals surface area (Å²) in [5, 5.41) is 5.39. The van der Waals surface area contributed by atoms with Crippen LogP contribution in [0.3, 0.4) is 0 Å². The number of nitrogens with one attached hydrogen (secondary N) is 2. The molecular weight excluding hydrogens is 246 g/mol. The second-order valence-corrected chi connectivity index (χ2v) is 4.18. The van der Waals surface area contributed by atoms with Crippen LogP contribution in [0.15, 0.2) is 24.3 Å². The number of rotatable bonds is 6. The highest BCUT2D eigenvalue weighted by molar-refractivity contribution is 5.89. The Morgan fingerprint density at radius 1 is 1.21 bits per heavy atom. The average molecular weight is 267 g/mol. The van der Waals surface area contributed by atoms with Crippen molar-refractivity contribution in [1.29, 1.82) is 0 Å². The second kappa shape index (κ2) is 7.60. The molecule has 0 aliphatic heterocycles. The fraction of sp³-hybridized carbons (Fsp3) is 0.462. The Balaban J connectivity index is 2.44. The number of carbonyl (C=O) groups is 1. The first-order valence-corrected chi connectivity index (χ1v) is 5.94. The van der Waals surface area contributed by atoms with E-state index in [9.17, 15) is 4.79 Å².